The number of carbonyl (C=O) groups excluding carboxylic acids is 1. The molecule has 1 amide bonds. The molecule has 0 saturated carbocycles. The van der Waals surface area contributed by atoms with Crippen molar-refractivity contribution in [2.24, 2.45) is 0 Å². The van der Waals surface area contributed by atoms with Gasteiger partial charge in [0, 0.05) is 23.6 Å². The van der Waals surface area contributed by atoms with Crippen LogP contribution in [-0.2, 0) is 0 Å². The van der Waals surface area contributed by atoms with Gasteiger partial charge in [-0.2, -0.15) is 4.37 Å². The Morgan fingerprint density at radius 3 is 2.84 bits per heavy atom. The summed E-state index contributed by atoms with van der Waals surface area (Å²) in [5.74, 6) is -0.0686. The van der Waals surface area contributed by atoms with Crippen molar-refractivity contribution >= 4 is 28.2 Å². The van der Waals surface area contributed by atoms with Crippen molar-refractivity contribution in [3.8, 4) is 11.3 Å². The lowest BCUT2D eigenvalue weighted by atomic mass is 10.00. The first kappa shape index (κ1) is 11.9. The molecular formula is C15H12N2OS. The van der Waals surface area contributed by atoms with E-state index < -0.39 is 0 Å². The molecule has 0 radical (unpaired) electrons. The number of carbonyl (C=O) groups is 1. The molecule has 0 atom stereocenters. The number of fused-ring (bicyclic) bond motifs is 1. The van der Waals surface area contributed by atoms with E-state index in [4.69, 9.17) is 0 Å². The number of rotatable bonds is 2. The fourth-order valence-corrected chi connectivity index (χ4v) is 2.67. The van der Waals surface area contributed by atoms with E-state index in [0.29, 0.717) is 5.56 Å². The van der Waals surface area contributed by atoms with Crippen LogP contribution in [-0.4, -0.2) is 17.3 Å². The lowest BCUT2D eigenvalue weighted by molar-refractivity contribution is 0.0963. The normalized spacial score (nSPS) is 10.6. The molecule has 0 aliphatic carbocycles. The third kappa shape index (κ3) is 2.11. The van der Waals surface area contributed by atoms with Crippen LogP contribution in [0.4, 0.5) is 0 Å². The first-order valence-corrected chi connectivity index (χ1v) is 6.79. The van der Waals surface area contributed by atoms with E-state index >= 15 is 0 Å². The fourth-order valence-electron chi connectivity index (χ4n) is 2.14. The summed E-state index contributed by atoms with van der Waals surface area (Å²) in [6.07, 6.45) is 0. The summed E-state index contributed by atoms with van der Waals surface area (Å²) >= 11 is 1.44. The van der Waals surface area contributed by atoms with Crippen LogP contribution in [0.3, 0.4) is 0 Å². The zero-order chi connectivity index (χ0) is 13.2. The van der Waals surface area contributed by atoms with E-state index in [1.165, 1.54) is 11.5 Å². The predicted octanol–water partition coefficient (Wildman–Crippen LogP) is 3.32. The highest BCUT2D eigenvalue weighted by molar-refractivity contribution is 7.03. The summed E-state index contributed by atoms with van der Waals surface area (Å²) in [4.78, 5) is 11.6. The van der Waals surface area contributed by atoms with Gasteiger partial charge in [-0.3, -0.25) is 4.79 Å². The van der Waals surface area contributed by atoms with Crippen LogP contribution in [0.25, 0.3) is 22.0 Å². The molecule has 0 aliphatic rings. The molecule has 0 aliphatic heterocycles. The standard InChI is InChI=1S/C15H12N2OS/c1-16-15(18)11-5-6-12-10(9-11)3-2-4-13(12)14-7-8-19-17-14/h2-9H,1H3,(H,16,18). The smallest absolute Gasteiger partial charge is 0.251 e. The molecule has 4 heteroatoms. The van der Waals surface area contributed by atoms with Crippen molar-refractivity contribution in [2.75, 3.05) is 7.05 Å². The third-order valence-electron chi connectivity index (χ3n) is 3.08. The van der Waals surface area contributed by atoms with Gasteiger partial charge in [0.25, 0.3) is 5.91 Å². The molecule has 0 unspecified atom stereocenters. The number of hydrogen-bond acceptors (Lipinski definition) is 3. The molecular weight excluding hydrogens is 256 g/mol. The van der Waals surface area contributed by atoms with Crippen LogP contribution >= 0.6 is 11.5 Å². The van der Waals surface area contributed by atoms with Gasteiger partial charge >= 0.3 is 0 Å². The van der Waals surface area contributed by atoms with E-state index in [1.807, 2.05) is 41.8 Å². The molecule has 0 spiro atoms. The lowest BCUT2D eigenvalue weighted by Crippen LogP contribution is -2.17. The lowest BCUT2D eigenvalue weighted by Gasteiger charge is -2.06. The largest absolute Gasteiger partial charge is 0.355 e. The zero-order valence-electron chi connectivity index (χ0n) is 10.4. The Balaban J connectivity index is 2.20. The molecule has 0 fully saturated rings. The van der Waals surface area contributed by atoms with Crippen LogP contribution in [0, 0.1) is 0 Å². The van der Waals surface area contributed by atoms with Gasteiger partial charge in [0.2, 0.25) is 0 Å². The van der Waals surface area contributed by atoms with Crippen LogP contribution in [0.2, 0.25) is 0 Å². The van der Waals surface area contributed by atoms with Gasteiger partial charge < -0.3 is 5.32 Å². The number of aromatic nitrogens is 1. The van der Waals surface area contributed by atoms with Crippen LogP contribution in [0.5, 0.6) is 0 Å². The zero-order valence-corrected chi connectivity index (χ0v) is 11.2. The Kier molecular flexibility index (Phi) is 3.01. The second-order valence-corrected chi connectivity index (χ2v) is 4.87. The number of benzene rings is 2. The van der Waals surface area contributed by atoms with E-state index in [9.17, 15) is 4.79 Å². The minimum absolute atomic E-state index is 0.0686. The second-order valence-electron chi connectivity index (χ2n) is 4.21. The number of hydrogen-bond donors (Lipinski definition) is 1. The number of nitrogens with one attached hydrogen (secondary N) is 1. The third-order valence-corrected chi connectivity index (χ3v) is 3.64. The van der Waals surface area contributed by atoms with Crippen LogP contribution in [0.1, 0.15) is 10.4 Å². The maximum Gasteiger partial charge on any atom is 0.251 e. The quantitative estimate of drug-likeness (QED) is 0.774. The monoisotopic (exact) mass is 268 g/mol. The highest BCUT2D eigenvalue weighted by atomic mass is 32.1. The summed E-state index contributed by atoms with van der Waals surface area (Å²) in [6.45, 7) is 0. The average molecular weight is 268 g/mol. The Morgan fingerprint density at radius 1 is 1.21 bits per heavy atom. The molecule has 94 valence electrons. The van der Waals surface area contributed by atoms with E-state index in [-0.39, 0.29) is 5.91 Å². The molecule has 3 aromatic rings. The topological polar surface area (TPSA) is 42.0 Å². The van der Waals surface area contributed by atoms with Crippen molar-refractivity contribution in [1.82, 2.24) is 9.69 Å². The number of nitrogens with zero attached hydrogens (tertiary/aromatic N) is 1. The fraction of sp³-hybridized carbons (Fsp3) is 0.0667. The van der Waals surface area contributed by atoms with Gasteiger partial charge in [0.1, 0.15) is 0 Å². The minimum atomic E-state index is -0.0686. The Hall–Kier alpha value is -2.20. The Morgan fingerprint density at radius 2 is 2.11 bits per heavy atom. The SMILES string of the molecule is CNC(=O)c1ccc2c(-c3ccsn3)cccc2c1. The maximum atomic E-state index is 11.6. The van der Waals surface area contributed by atoms with E-state index in [2.05, 4.69) is 15.8 Å². The predicted molar refractivity (Wildman–Crippen MR) is 78.4 cm³/mol. The van der Waals surface area contributed by atoms with Crippen molar-refractivity contribution in [1.29, 1.82) is 0 Å². The van der Waals surface area contributed by atoms with E-state index in [1.54, 1.807) is 7.05 Å². The highest BCUT2D eigenvalue weighted by Crippen LogP contribution is 2.28. The summed E-state index contributed by atoms with van der Waals surface area (Å²) in [7, 11) is 1.64. The second kappa shape index (κ2) is 4.82. The van der Waals surface area contributed by atoms with Crippen molar-refractivity contribution in [3.63, 3.8) is 0 Å². The molecule has 1 N–H and O–H groups in total. The van der Waals surface area contributed by atoms with Gasteiger partial charge in [0.05, 0.1) is 5.69 Å². The minimum Gasteiger partial charge on any atom is -0.355 e. The van der Waals surface area contributed by atoms with Gasteiger partial charge in [-0.1, -0.05) is 24.3 Å². The van der Waals surface area contributed by atoms with E-state index in [0.717, 1.165) is 22.0 Å². The van der Waals surface area contributed by atoms with Gasteiger partial charge in [-0.25, -0.2) is 0 Å². The van der Waals surface area contributed by atoms with Gasteiger partial charge in [-0.15, -0.1) is 0 Å². The summed E-state index contributed by atoms with van der Waals surface area (Å²) < 4.78 is 4.37. The van der Waals surface area contributed by atoms with Crippen LogP contribution < -0.4 is 5.32 Å². The molecule has 0 bridgehead atoms. The van der Waals surface area contributed by atoms with Crippen molar-refractivity contribution < 1.29 is 4.79 Å². The first-order valence-electron chi connectivity index (χ1n) is 5.95. The molecule has 2 aromatic carbocycles. The van der Waals surface area contributed by atoms with Crippen molar-refractivity contribution in [2.45, 2.75) is 0 Å². The average Bonchev–Trinajstić information content (AvgIpc) is 2.99. The Bertz CT molecular complexity index is 735. The summed E-state index contributed by atoms with van der Waals surface area (Å²) in [5, 5.41) is 6.76. The summed E-state index contributed by atoms with van der Waals surface area (Å²) in [6, 6.07) is 13.8. The molecule has 3 rings (SSSR count). The first-order chi connectivity index (χ1) is 9.29. The van der Waals surface area contributed by atoms with Gasteiger partial charge in [0.15, 0.2) is 0 Å². The van der Waals surface area contributed by atoms with Crippen molar-refractivity contribution in [3.05, 3.63) is 53.4 Å². The Labute approximate surface area is 115 Å². The molecule has 3 nitrogen and oxygen atoms in total. The summed E-state index contributed by atoms with van der Waals surface area (Å²) in [5.41, 5.74) is 2.75. The maximum absolute atomic E-state index is 11.6. The van der Waals surface area contributed by atoms with Gasteiger partial charge in [-0.05, 0) is 40.5 Å². The molecule has 19 heavy (non-hydrogen) atoms. The molecule has 1 heterocycles. The van der Waals surface area contributed by atoms with Crippen LogP contribution in [0.15, 0.2) is 47.8 Å². The molecule has 0 saturated heterocycles. The molecule has 1 aromatic heterocycles. The number of amides is 1. The highest BCUT2D eigenvalue weighted by Gasteiger charge is 2.08.